The topological polar surface area (TPSA) is 55.7 Å². The Morgan fingerprint density at radius 3 is 3.00 bits per heavy atom. The Bertz CT molecular complexity index is 505. The van der Waals surface area contributed by atoms with Gasteiger partial charge in [0.15, 0.2) is 0 Å². The second-order valence-corrected chi connectivity index (χ2v) is 3.04. The fourth-order valence-electron chi connectivity index (χ4n) is 1.14. The van der Waals surface area contributed by atoms with Crippen LogP contribution in [0.5, 0.6) is 0 Å². The van der Waals surface area contributed by atoms with Crippen molar-refractivity contribution in [2.45, 2.75) is 13.3 Å². The van der Waals surface area contributed by atoms with E-state index in [1.807, 2.05) is 0 Å². The van der Waals surface area contributed by atoms with E-state index in [1.54, 1.807) is 31.2 Å². The summed E-state index contributed by atoms with van der Waals surface area (Å²) in [7, 11) is 0. The zero-order valence-electron chi connectivity index (χ0n) is 9.40. The minimum absolute atomic E-state index is 0.0506. The van der Waals surface area contributed by atoms with E-state index >= 15 is 0 Å². The molecule has 0 spiro atoms. The molecule has 4 nitrogen and oxygen atoms in total. The molecular weight excluding hydrogens is 218 g/mol. The molecule has 0 atom stereocenters. The SMILES string of the molecule is CCOC(=O)CC#Cc1cccc(N=C=O)c1. The van der Waals surface area contributed by atoms with Crippen LogP contribution >= 0.6 is 0 Å². The Kier molecular flexibility index (Phi) is 5.23. The van der Waals surface area contributed by atoms with Crippen LogP contribution in [0.1, 0.15) is 18.9 Å². The average molecular weight is 229 g/mol. The normalized spacial score (nSPS) is 8.53. The van der Waals surface area contributed by atoms with Crippen LogP contribution < -0.4 is 0 Å². The minimum atomic E-state index is -0.345. The summed E-state index contributed by atoms with van der Waals surface area (Å²) in [4.78, 5) is 24.6. The maximum atomic E-state index is 11.0. The van der Waals surface area contributed by atoms with E-state index in [0.717, 1.165) is 0 Å². The van der Waals surface area contributed by atoms with E-state index in [2.05, 4.69) is 16.8 Å². The molecule has 17 heavy (non-hydrogen) atoms. The number of isocyanates is 1. The van der Waals surface area contributed by atoms with E-state index in [4.69, 9.17) is 4.74 Å². The Morgan fingerprint density at radius 2 is 2.29 bits per heavy atom. The lowest BCUT2D eigenvalue weighted by Gasteiger charge is -1.95. The molecule has 0 aliphatic carbocycles. The van der Waals surface area contributed by atoms with Crippen molar-refractivity contribution in [3.8, 4) is 11.8 Å². The first-order valence-corrected chi connectivity index (χ1v) is 5.08. The summed E-state index contributed by atoms with van der Waals surface area (Å²) in [5, 5.41) is 0. The number of ether oxygens (including phenoxy) is 1. The fourth-order valence-corrected chi connectivity index (χ4v) is 1.14. The lowest BCUT2D eigenvalue weighted by atomic mass is 10.2. The Labute approximate surface area is 99.3 Å². The van der Waals surface area contributed by atoms with Gasteiger partial charge in [0.05, 0.1) is 12.3 Å². The third kappa shape index (κ3) is 4.78. The lowest BCUT2D eigenvalue weighted by Crippen LogP contribution is -2.01. The third-order valence-electron chi connectivity index (χ3n) is 1.79. The Hall–Kier alpha value is -2.37. The quantitative estimate of drug-likeness (QED) is 0.344. The Morgan fingerprint density at radius 1 is 1.47 bits per heavy atom. The molecule has 0 aliphatic heterocycles. The van der Waals surface area contributed by atoms with Crippen LogP contribution in [0.3, 0.4) is 0 Å². The molecule has 0 aliphatic rings. The summed E-state index contributed by atoms with van der Waals surface area (Å²) in [5.74, 6) is 5.14. The van der Waals surface area contributed by atoms with Crippen molar-refractivity contribution in [2.75, 3.05) is 6.61 Å². The molecule has 1 rings (SSSR count). The van der Waals surface area contributed by atoms with Crippen molar-refractivity contribution >= 4 is 17.7 Å². The van der Waals surface area contributed by atoms with Gasteiger partial charge in [-0.25, -0.2) is 4.79 Å². The summed E-state index contributed by atoms with van der Waals surface area (Å²) < 4.78 is 4.73. The summed E-state index contributed by atoms with van der Waals surface area (Å²) >= 11 is 0. The van der Waals surface area contributed by atoms with Gasteiger partial charge in [-0.05, 0) is 25.1 Å². The molecule has 1 aromatic carbocycles. The van der Waals surface area contributed by atoms with Crippen LogP contribution in [0.2, 0.25) is 0 Å². The molecule has 1 aromatic rings. The van der Waals surface area contributed by atoms with Gasteiger partial charge in [0.25, 0.3) is 0 Å². The van der Waals surface area contributed by atoms with E-state index in [-0.39, 0.29) is 12.4 Å². The number of rotatable bonds is 3. The van der Waals surface area contributed by atoms with Gasteiger partial charge in [-0.2, -0.15) is 4.99 Å². The van der Waals surface area contributed by atoms with Crippen LogP contribution in [0, 0.1) is 11.8 Å². The monoisotopic (exact) mass is 229 g/mol. The fraction of sp³-hybridized carbons (Fsp3) is 0.231. The smallest absolute Gasteiger partial charge is 0.317 e. The van der Waals surface area contributed by atoms with Gasteiger partial charge in [0.1, 0.15) is 6.42 Å². The number of esters is 1. The maximum Gasteiger partial charge on any atom is 0.317 e. The summed E-state index contributed by atoms with van der Waals surface area (Å²) in [6, 6.07) is 6.80. The van der Waals surface area contributed by atoms with Crippen LogP contribution in [-0.2, 0) is 14.3 Å². The molecule has 0 fully saturated rings. The molecule has 0 saturated carbocycles. The lowest BCUT2D eigenvalue weighted by molar-refractivity contribution is -0.141. The molecule has 4 heteroatoms. The van der Waals surface area contributed by atoms with E-state index in [0.29, 0.717) is 17.9 Å². The standard InChI is InChI=1S/C13H11NO3/c1-2-17-13(16)8-4-6-11-5-3-7-12(9-11)14-10-15/h3,5,7,9H,2,8H2,1H3. The van der Waals surface area contributed by atoms with Gasteiger partial charge < -0.3 is 4.74 Å². The largest absolute Gasteiger partial charge is 0.465 e. The molecule has 0 saturated heterocycles. The third-order valence-corrected chi connectivity index (χ3v) is 1.79. The molecule has 0 bridgehead atoms. The molecular formula is C13H11NO3. The predicted molar refractivity (Wildman–Crippen MR) is 62.4 cm³/mol. The second-order valence-electron chi connectivity index (χ2n) is 3.04. The first kappa shape index (κ1) is 12.7. The highest BCUT2D eigenvalue weighted by Gasteiger charge is 1.96. The number of aliphatic imine (C=N–C) groups is 1. The summed E-state index contributed by atoms with van der Waals surface area (Å²) in [6.45, 7) is 2.09. The minimum Gasteiger partial charge on any atom is -0.465 e. The number of nitrogens with zero attached hydrogens (tertiary/aromatic N) is 1. The van der Waals surface area contributed by atoms with Crippen molar-refractivity contribution < 1.29 is 14.3 Å². The first-order chi connectivity index (χ1) is 8.26. The van der Waals surface area contributed by atoms with Crippen LogP contribution in [0.25, 0.3) is 0 Å². The molecule has 0 heterocycles. The van der Waals surface area contributed by atoms with Crippen LogP contribution in [-0.4, -0.2) is 18.7 Å². The van der Waals surface area contributed by atoms with Gasteiger partial charge in [-0.15, -0.1) is 0 Å². The highest BCUT2D eigenvalue weighted by Crippen LogP contribution is 2.12. The summed E-state index contributed by atoms with van der Waals surface area (Å²) in [6.07, 6.45) is 1.51. The van der Waals surface area contributed by atoms with Crippen molar-refractivity contribution in [2.24, 2.45) is 4.99 Å². The average Bonchev–Trinajstić information content (AvgIpc) is 2.30. The number of hydrogen-bond acceptors (Lipinski definition) is 4. The van der Waals surface area contributed by atoms with Crippen molar-refractivity contribution in [3.05, 3.63) is 29.8 Å². The summed E-state index contributed by atoms with van der Waals surface area (Å²) in [5.41, 5.74) is 1.17. The molecule has 0 radical (unpaired) electrons. The zero-order valence-corrected chi connectivity index (χ0v) is 9.40. The zero-order chi connectivity index (χ0) is 12.5. The van der Waals surface area contributed by atoms with E-state index in [1.165, 1.54) is 6.08 Å². The molecule has 0 aromatic heterocycles. The van der Waals surface area contributed by atoms with E-state index in [9.17, 15) is 9.59 Å². The molecule has 86 valence electrons. The van der Waals surface area contributed by atoms with Crippen molar-refractivity contribution in [1.29, 1.82) is 0 Å². The molecule has 0 N–H and O–H groups in total. The Balaban J connectivity index is 2.68. The number of benzene rings is 1. The number of hydrogen-bond donors (Lipinski definition) is 0. The van der Waals surface area contributed by atoms with E-state index < -0.39 is 0 Å². The van der Waals surface area contributed by atoms with Gasteiger partial charge in [0, 0.05) is 5.56 Å². The maximum absolute atomic E-state index is 11.0. The van der Waals surface area contributed by atoms with Gasteiger partial charge in [-0.3, -0.25) is 4.79 Å². The predicted octanol–water partition coefficient (Wildman–Crippen LogP) is 1.96. The highest BCUT2D eigenvalue weighted by molar-refractivity contribution is 5.72. The molecule has 0 amide bonds. The second kappa shape index (κ2) is 7.00. The van der Waals surface area contributed by atoms with Gasteiger partial charge in [0.2, 0.25) is 6.08 Å². The number of carbonyl (C=O) groups excluding carboxylic acids is 2. The van der Waals surface area contributed by atoms with Crippen LogP contribution in [0.15, 0.2) is 29.3 Å². The number of carbonyl (C=O) groups is 1. The molecule has 0 unspecified atom stereocenters. The van der Waals surface area contributed by atoms with Crippen LogP contribution in [0.4, 0.5) is 5.69 Å². The van der Waals surface area contributed by atoms with Gasteiger partial charge in [-0.1, -0.05) is 17.9 Å². The van der Waals surface area contributed by atoms with Crippen molar-refractivity contribution in [3.63, 3.8) is 0 Å². The van der Waals surface area contributed by atoms with Gasteiger partial charge >= 0.3 is 5.97 Å². The first-order valence-electron chi connectivity index (χ1n) is 5.08. The highest BCUT2D eigenvalue weighted by atomic mass is 16.5. The van der Waals surface area contributed by atoms with Crippen molar-refractivity contribution in [1.82, 2.24) is 0 Å².